The Morgan fingerprint density at radius 3 is 3.17 bits per heavy atom. The van der Waals surface area contributed by atoms with Crippen molar-refractivity contribution in [1.82, 2.24) is 9.97 Å². The number of rotatable bonds is 1. The van der Waals surface area contributed by atoms with E-state index in [-0.39, 0.29) is 5.56 Å². The molecule has 0 aliphatic carbocycles. The third-order valence-corrected chi connectivity index (χ3v) is 2.39. The van der Waals surface area contributed by atoms with Gasteiger partial charge in [0, 0.05) is 17.0 Å². The second-order valence-corrected chi connectivity index (χ2v) is 3.05. The Balaban J connectivity index is 2.79. The summed E-state index contributed by atoms with van der Waals surface area (Å²) in [5.41, 5.74) is 0.274. The van der Waals surface area contributed by atoms with Gasteiger partial charge in [-0.3, -0.25) is 0 Å². The molecule has 12 heavy (non-hydrogen) atoms. The number of carbonyl (C=O) groups is 1. The molecule has 0 bridgehead atoms. The van der Waals surface area contributed by atoms with Crippen LogP contribution >= 0.6 is 11.3 Å². The second-order valence-electron chi connectivity index (χ2n) is 2.20. The molecule has 0 aliphatic heterocycles. The van der Waals surface area contributed by atoms with Crippen molar-refractivity contribution in [3.05, 3.63) is 23.5 Å². The zero-order chi connectivity index (χ0) is 8.55. The number of hydrogen-bond acceptors (Lipinski definition) is 4. The number of fused-ring (bicyclic) bond motifs is 1. The maximum absolute atomic E-state index is 10.6. The Hall–Kier alpha value is -1.49. The van der Waals surface area contributed by atoms with Gasteiger partial charge in [0.25, 0.3) is 0 Å². The van der Waals surface area contributed by atoms with E-state index in [0.29, 0.717) is 10.2 Å². The smallest absolute Gasteiger partial charge is 0.337 e. The Morgan fingerprint density at radius 1 is 1.58 bits per heavy atom. The Labute approximate surface area is 71.5 Å². The monoisotopic (exact) mass is 180 g/mol. The summed E-state index contributed by atoms with van der Waals surface area (Å²) in [7, 11) is 0. The zero-order valence-corrected chi connectivity index (χ0v) is 6.71. The molecule has 0 amide bonds. The molecule has 0 unspecified atom stereocenters. The van der Waals surface area contributed by atoms with Crippen molar-refractivity contribution in [2.45, 2.75) is 0 Å². The van der Waals surface area contributed by atoms with Gasteiger partial charge in [-0.2, -0.15) is 0 Å². The first-order chi connectivity index (χ1) is 5.79. The van der Waals surface area contributed by atoms with Gasteiger partial charge in [0.05, 0.1) is 5.56 Å². The fourth-order valence-electron chi connectivity index (χ4n) is 0.941. The number of aromatic carboxylic acids is 1. The van der Waals surface area contributed by atoms with Gasteiger partial charge in [0.15, 0.2) is 0 Å². The van der Waals surface area contributed by atoms with E-state index >= 15 is 0 Å². The van der Waals surface area contributed by atoms with Crippen LogP contribution in [-0.4, -0.2) is 21.0 Å². The van der Waals surface area contributed by atoms with Gasteiger partial charge in [-0.25, -0.2) is 14.8 Å². The van der Waals surface area contributed by atoms with Crippen molar-refractivity contribution >= 4 is 27.5 Å². The summed E-state index contributed by atoms with van der Waals surface area (Å²) in [4.78, 5) is 19.0. The summed E-state index contributed by atoms with van der Waals surface area (Å²) in [6, 6.07) is 0. The van der Waals surface area contributed by atoms with Crippen molar-refractivity contribution in [2.24, 2.45) is 0 Å². The van der Waals surface area contributed by atoms with Crippen LogP contribution in [0.1, 0.15) is 10.4 Å². The van der Waals surface area contributed by atoms with Crippen LogP contribution in [0.5, 0.6) is 0 Å². The summed E-state index contributed by atoms with van der Waals surface area (Å²) in [5, 5.41) is 10.9. The molecule has 0 spiro atoms. The third kappa shape index (κ3) is 0.947. The number of carboxylic acid groups (broad SMARTS) is 1. The Morgan fingerprint density at radius 2 is 2.42 bits per heavy atom. The number of carboxylic acids is 1. The van der Waals surface area contributed by atoms with Crippen molar-refractivity contribution < 1.29 is 9.90 Å². The van der Waals surface area contributed by atoms with Crippen molar-refractivity contribution in [3.63, 3.8) is 0 Å². The molecular formula is C7H4N2O2S. The van der Waals surface area contributed by atoms with E-state index in [1.165, 1.54) is 23.9 Å². The fourth-order valence-corrected chi connectivity index (χ4v) is 1.80. The lowest BCUT2D eigenvalue weighted by Crippen LogP contribution is -1.93. The van der Waals surface area contributed by atoms with Gasteiger partial charge in [0.1, 0.15) is 11.2 Å². The highest BCUT2D eigenvalue weighted by molar-refractivity contribution is 7.17. The molecule has 0 fully saturated rings. The first-order valence-corrected chi connectivity index (χ1v) is 4.07. The van der Waals surface area contributed by atoms with E-state index in [2.05, 4.69) is 9.97 Å². The maximum Gasteiger partial charge on any atom is 0.337 e. The second kappa shape index (κ2) is 2.53. The Bertz CT molecular complexity index is 438. The van der Waals surface area contributed by atoms with Crippen LogP contribution in [0.25, 0.3) is 10.2 Å². The number of thiophene rings is 1. The standard InChI is InChI=1S/C7H4N2O2S/c10-7(11)5-2-12-6-4(5)1-8-3-9-6/h1-3H,(H,10,11). The molecule has 2 aromatic rings. The average Bonchev–Trinajstić information content (AvgIpc) is 2.47. The summed E-state index contributed by atoms with van der Waals surface area (Å²) in [6.45, 7) is 0. The lowest BCUT2D eigenvalue weighted by molar-refractivity contribution is 0.0699. The van der Waals surface area contributed by atoms with Gasteiger partial charge >= 0.3 is 5.97 Å². The van der Waals surface area contributed by atoms with Gasteiger partial charge in [-0.05, 0) is 0 Å². The van der Waals surface area contributed by atoms with E-state index in [4.69, 9.17) is 5.11 Å². The minimum atomic E-state index is -0.934. The molecule has 5 heteroatoms. The maximum atomic E-state index is 10.6. The topological polar surface area (TPSA) is 63.1 Å². The number of hydrogen-bond donors (Lipinski definition) is 1. The van der Waals surface area contributed by atoms with Gasteiger partial charge in [0.2, 0.25) is 0 Å². The molecule has 1 N–H and O–H groups in total. The SMILES string of the molecule is O=C(O)c1csc2ncncc12. The van der Waals surface area contributed by atoms with Crippen LogP contribution in [0, 0.1) is 0 Å². The molecule has 0 saturated heterocycles. The fraction of sp³-hybridized carbons (Fsp3) is 0. The highest BCUT2D eigenvalue weighted by Crippen LogP contribution is 2.22. The Kier molecular flexibility index (Phi) is 1.51. The summed E-state index contributed by atoms with van der Waals surface area (Å²) >= 11 is 1.31. The largest absolute Gasteiger partial charge is 0.478 e. The highest BCUT2D eigenvalue weighted by atomic mass is 32.1. The lowest BCUT2D eigenvalue weighted by atomic mass is 10.2. The van der Waals surface area contributed by atoms with Crippen LogP contribution < -0.4 is 0 Å². The van der Waals surface area contributed by atoms with E-state index in [1.807, 2.05) is 0 Å². The predicted octanol–water partition coefficient (Wildman–Crippen LogP) is 1.39. The predicted molar refractivity (Wildman–Crippen MR) is 44.4 cm³/mol. The minimum absolute atomic E-state index is 0.274. The molecule has 4 nitrogen and oxygen atoms in total. The van der Waals surface area contributed by atoms with Crippen LogP contribution in [0.3, 0.4) is 0 Å². The first-order valence-electron chi connectivity index (χ1n) is 3.19. The first kappa shape index (κ1) is 7.17. The van der Waals surface area contributed by atoms with Crippen LogP contribution in [0.4, 0.5) is 0 Å². The highest BCUT2D eigenvalue weighted by Gasteiger charge is 2.10. The molecule has 0 radical (unpaired) electrons. The van der Waals surface area contributed by atoms with Gasteiger partial charge in [-0.15, -0.1) is 11.3 Å². The van der Waals surface area contributed by atoms with Crippen LogP contribution in [0.15, 0.2) is 17.9 Å². The van der Waals surface area contributed by atoms with Crippen molar-refractivity contribution in [2.75, 3.05) is 0 Å². The molecule has 60 valence electrons. The molecule has 2 aromatic heterocycles. The third-order valence-electron chi connectivity index (χ3n) is 1.48. The van der Waals surface area contributed by atoms with Crippen LogP contribution in [-0.2, 0) is 0 Å². The van der Waals surface area contributed by atoms with E-state index in [9.17, 15) is 4.79 Å². The van der Waals surface area contributed by atoms with Crippen molar-refractivity contribution in [1.29, 1.82) is 0 Å². The lowest BCUT2D eigenvalue weighted by Gasteiger charge is -1.88. The molecule has 0 atom stereocenters. The average molecular weight is 180 g/mol. The summed E-state index contributed by atoms with van der Waals surface area (Å²) < 4.78 is 0. The molecule has 2 rings (SSSR count). The molecular weight excluding hydrogens is 176 g/mol. The van der Waals surface area contributed by atoms with Gasteiger partial charge < -0.3 is 5.11 Å². The number of nitrogens with zero attached hydrogens (tertiary/aromatic N) is 2. The molecule has 2 heterocycles. The minimum Gasteiger partial charge on any atom is -0.478 e. The quantitative estimate of drug-likeness (QED) is 0.720. The van der Waals surface area contributed by atoms with Gasteiger partial charge in [-0.1, -0.05) is 0 Å². The zero-order valence-electron chi connectivity index (χ0n) is 5.89. The van der Waals surface area contributed by atoms with E-state index < -0.39 is 5.97 Å². The summed E-state index contributed by atoms with van der Waals surface area (Å²) in [5.74, 6) is -0.934. The van der Waals surface area contributed by atoms with Crippen LogP contribution in [0.2, 0.25) is 0 Å². The normalized spacial score (nSPS) is 10.3. The molecule has 0 aliphatic rings. The number of aromatic nitrogens is 2. The summed E-state index contributed by atoms with van der Waals surface area (Å²) in [6.07, 6.45) is 2.92. The van der Waals surface area contributed by atoms with E-state index in [0.717, 1.165) is 0 Å². The van der Waals surface area contributed by atoms with E-state index in [1.54, 1.807) is 5.38 Å². The van der Waals surface area contributed by atoms with Crippen molar-refractivity contribution in [3.8, 4) is 0 Å². The molecule has 0 aromatic carbocycles. The molecule has 0 saturated carbocycles.